The Morgan fingerprint density at radius 1 is 1.57 bits per heavy atom. The minimum atomic E-state index is -0.399. The second-order valence-corrected chi connectivity index (χ2v) is 4.70. The number of hydrogen-bond acceptors (Lipinski definition) is 5. The molecule has 0 saturated carbocycles. The van der Waals surface area contributed by atoms with Crippen molar-refractivity contribution in [1.29, 1.82) is 5.26 Å². The van der Waals surface area contributed by atoms with E-state index in [0.717, 1.165) is 25.2 Å². The third kappa shape index (κ3) is 4.15. The van der Waals surface area contributed by atoms with Gasteiger partial charge in [-0.3, -0.25) is 10.1 Å². The Morgan fingerprint density at radius 3 is 2.86 bits per heavy atom. The van der Waals surface area contributed by atoms with Gasteiger partial charge in [0.2, 0.25) is 0 Å². The molecule has 0 spiro atoms. The fraction of sp³-hybridized carbons (Fsp3) is 0.600. The lowest BCUT2D eigenvalue weighted by Crippen LogP contribution is -2.35. The Kier molecular flexibility index (Phi) is 6.60. The van der Waals surface area contributed by atoms with E-state index in [9.17, 15) is 10.1 Å². The van der Waals surface area contributed by atoms with Gasteiger partial charge in [0.05, 0.1) is 16.9 Å². The van der Waals surface area contributed by atoms with Crippen molar-refractivity contribution in [2.75, 3.05) is 18.0 Å². The molecule has 6 nitrogen and oxygen atoms in total. The van der Waals surface area contributed by atoms with E-state index in [1.807, 2.05) is 25.7 Å². The van der Waals surface area contributed by atoms with Gasteiger partial charge in [-0.05, 0) is 25.3 Å². The van der Waals surface area contributed by atoms with E-state index in [0.29, 0.717) is 18.5 Å². The largest absolute Gasteiger partial charge is 0.355 e. The molecule has 1 aromatic rings. The van der Waals surface area contributed by atoms with Gasteiger partial charge in [-0.1, -0.05) is 20.8 Å². The van der Waals surface area contributed by atoms with Crippen molar-refractivity contribution < 1.29 is 4.92 Å². The number of nitro groups is 1. The molecule has 1 aliphatic rings. The van der Waals surface area contributed by atoms with Crippen LogP contribution >= 0.6 is 0 Å². The summed E-state index contributed by atoms with van der Waals surface area (Å²) in [5.74, 6) is 0.762. The van der Waals surface area contributed by atoms with E-state index in [-0.39, 0.29) is 11.6 Å². The van der Waals surface area contributed by atoms with E-state index in [1.54, 1.807) is 6.07 Å². The van der Waals surface area contributed by atoms with Crippen LogP contribution in [0.3, 0.4) is 0 Å². The highest BCUT2D eigenvalue weighted by molar-refractivity contribution is 5.49. The van der Waals surface area contributed by atoms with Gasteiger partial charge < -0.3 is 4.90 Å². The maximum atomic E-state index is 10.9. The zero-order chi connectivity index (χ0) is 15.8. The Hall–Kier alpha value is -2.16. The number of hydrogen-bond donors (Lipinski definition) is 0. The van der Waals surface area contributed by atoms with Crippen LogP contribution < -0.4 is 4.90 Å². The van der Waals surface area contributed by atoms with Crippen LogP contribution in [0.25, 0.3) is 0 Å². The first-order chi connectivity index (χ1) is 10.2. The molecule has 1 aliphatic heterocycles. The van der Waals surface area contributed by atoms with Gasteiger partial charge in [-0.15, -0.1) is 0 Å². The van der Waals surface area contributed by atoms with Gasteiger partial charge in [0, 0.05) is 18.7 Å². The maximum absolute atomic E-state index is 10.9. The monoisotopic (exact) mass is 290 g/mol. The van der Waals surface area contributed by atoms with E-state index >= 15 is 0 Å². The van der Waals surface area contributed by atoms with Crippen LogP contribution in [0, 0.1) is 27.4 Å². The average Bonchev–Trinajstić information content (AvgIpc) is 2.56. The number of aromatic nitrogens is 1. The fourth-order valence-electron chi connectivity index (χ4n) is 2.39. The highest BCUT2D eigenvalue weighted by Crippen LogP contribution is 2.26. The highest BCUT2D eigenvalue weighted by Gasteiger charge is 2.22. The van der Waals surface area contributed by atoms with Crippen LogP contribution in [-0.4, -0.2) is 23.0 Å². The molecule has 1 aromatic heterocycles. The molecule has 114 valence electrons. The first-order valence-electron chi connectivity index (χ1n) is 7.43. The summed E-state index contributed by atoms with van der Waals surface area (Å²) in [5, 5.41) is 19.9. The first kappa shape index (κ1) is 16.9. The summed E-state index contributed by atoms with van der Waals surface area (Å²) in [4.78, 5) is 16.7. The second-order valence-electron chi connectivity index (χ2n) is 4.70. The van der Waals surface area contributed by atoms with Crippen LogP contribution in [0.5, 0.6) is 0 Å². The molecule has 0 amide bonds. The third-order valence-electron chi connectivity index (χ3n) is 3.46. The molecule has 1 fully saturated rings. The summed E-state index contributed by atoms with van der Waals surface area (Å²) in [7, 11) is 0. The summed E-state index contributed by atoms with van der Waals surface area (Å²) in [6, 6.07) is 4.06. The molecule has 0 radical (unpaired) electrons. The number of nitrogens with zero attached hydrogens (tertiary/aromatic N) is 4. The van der Waals surface area contributed by atoms with Crippen LogP contribution in [0.15, 0.2) is 12.3 Å². The second kappa shape index (κ2) is 8.20. The molecule has 2 rings (SSSR count). The predicted molar refractivity (Wildman–Crippen MR) is 82.2 cm³/mol. The normalized spacial score (nSPS) is 17.4. The SMILES string of the molecule is CC.CCc1cc(N2CCCC(C#N)C2)ncc1[N+](=O)[O-]. The third-order valence-corrected chi connectivity index (χ3v) is 3.46. The van der Waals surface area contributed by atoms with Gasteiger partial charge >= 0.3 is 0 Å². The Morgan fingerprint density at radius 2 is 2.29 bits per heavy atom. The van der Waals surface area contributed by atoms with E-state index in [4.69, 9.17) is 5.26 Å². The van der Waals surface area contributed by atoms with Crippen molar-refractivity contribution in [2.45, 2.75) is 40.0 Å². The minimum absolute atomic E-state index is 0.0239. The molecule has 1 atom stereocenters. The Balaban J connectivity index is 0.00000106. The van der Waals surface area contributed by atoms with E-state index in [1.165, 1.54) is 6.20 Å². The van der Waals surface area contributed by atoms with Crippen molar-refractivity contribution in [3.8, 4) is 6.07 Å². The van der Waals surface area contributed by atoms with Gasteiger partial charge in [0.15, 0.2) is 0 Å². The zero-order valence-electron chi connectivity index (χ0n) is 12.9. The number of pyridine rings is 1. The van der Waals surface area contributed by atoms with E-state index in [2.05, 4.69) is 11.1 Å². The molecule has 1 unspecified atom stereocenters. The van der Waals surface area contributed by atoms with Gasteiger partial charge in [0.1, 0.15) is 12.0 Å². The zero-order valence-corrected chi connectivity index (χ0v) is 12.9. The summed E-state index contributed by atoms with van der Waals surface area (Å²) in [5.41, 5.74) is 0.758. The van der Waals surface area contributed by atoms with E-state index < -0.39 is 4.92 Å². The van der Waals surface area contributed by atoms with Crippen LogP contribution in [0.1, 0.15) is 39.2 Å². The quantitative estimate of drug-likeness (QED) is 0.630. The van der Waals surface area contributed by atoms with Crippen molar-refractivity contribution in [3.05, 3.63) is 27.9 Å². The molecule has 0 bridgehead atoms. The standard InChI is InChI=1S/C13H16N4O2.C2H6/c1-2-11-6-13(15-8-12(11)17(18)19)16-5-3-4-10(7-14)9-16;1-2/h6,8,10H,2-5,9H2,1H3;1-2H3. The Labute approximate surface area is 125 Å². The molecule has 6 heteroatoms. The fourth-order valence-corrected chi connectivity index (χ4v) is 2.39. The van der Waals surface area contributed by atoms with Crippen LogP contribution in [-0.2, 0) is 6.42 Å². The molecule has 0 aliphatic carbocycles. The van der Waals surface area contributed by atoms with Crippen molar-refractivity contribution >= 4 is 11.5 Å². The lowest BCUT2D eigenvalue weighted by atomic mass is 9.99. The molecular weight excluding hydrogens is 268 g/mol. The number of nitriles is 1. The molecule has 21 heavy (non-hydrogen) atoms. The van der Waals surface area contributed by atoms with Crippen LogP contribution in [0.4, 0.5) is 11.5 Å². The van der Waals surface area contributed by atoms with Crippen molar-refractivity contribution in [1.82, 2.24) is 4.98 Å². The molecule has 0 aromatic carbocycles. The number of rotatable bonds is 3. The van der Waals surface area contributed by atoms with Crippen molar-refractivity contribution in [2.24, 2.45) is 5.92 Å². The van der Waals surface area contributed by atoms with Gasteiger partial charge in [-0.2, -0.15) is 5.26 Å². The maximum Gasteiger partial charge on any atom is 0.290 e. The molecule has 2 heterocycles. The molecular formula is C15H22N4O2. The smallest absolute Gasteiger partial charge is 0.290 e. The average molecular weight is 290 g/mol. The van der Waals surface area contributed by atoms with Crippen LogP contribution in [0.2, 0.25) is 0 Å². The highest BCUT2D eigenvalue weighted by atomic mass is 16.6. The summed E-state index contributed by atoms with van der Waals surface area (Å²) in [6.07, 6.45) is 3.80. The summed E-state index contributed by atoms with van der Waals surface area (Å²) < 4.78 is 0. The molecule has 1 saturated heterocycles. The van der Waals surface area contributed by atoms with Gasteiger partial charge in [0.25, 0.3) is 5.69 Å². The number of aryl methyl sites for hydroxylation is 1. The minimum Gasteiger partial charge on any atom is -0.355 e. The molecule has 0 N–H and O–H groups in total. The first-order valence-corrected chi connectivity index (χ1v) is 7.43. The van der Waals surface area contributed by atoms with Gasteiger partial charge in [-0.25, -0.2) is 4.98 Å². The predicted octanol–water partition coefficient (Wildman–Crippen LogP) is 3.32. The summed E-state index contributed by atoms with van der Waals surface area (Å²) in [6.45, 7) is 7.40. The number of anilines is 1. The lowest BCUT2D eigenvalue weighted by Gasteiger charge is -2.30. The number of piperidine rings is 1. The summed E-state index contributed by atoms with van der Waals surface area (Å²) >= 11 is 0. The Bertz CT molecular complexity index is 525. The van der Waals surface area contributed by atoms with Crippen molar-refractivity contribution in [3.63, 3.8) is 0 Å². The lowest BCUT2D eigenvalue weighted by molar-refractivity contribution is -0.385. The topological polar surface area (TPSA) is 83.1 Å².